The molecule has 32 heavy (non-hydrogen) atoms. The molecule has 1 atom stereocenters. The maximum atomic E-state index is 14.8. The first-order chi connectivity index (χ1) is 15.3. The van der Waals surface area contributed by atoms with Gasteiger partial charge in [0.25, 0.3) is 11.5 Å². The Morgan fingerprint density at radius 3 is 2.88 bits per heavy atom. The molecule has 3 aromatic rings. The van der Waals surface area contributed by atoms with E-state index in [4.69, 9.17) is 4.74 Å². The third-order valence-electron chi connectivity index (χ3n) is 5.81. The summed E-state index contributed by atoms with van der Waals surface area (Å²) in [5.41, 5.74) is -0.388. The first-order valence-corrected chi connectivity index (χ1v) is 10.3. The quantitative estimate of drug-likeness (QED) is 0.545. The molecule has 1 saturated heterocycles. The summed E-state index contributed by atoms with van der Waals surface area (Å²) in [6, 6.07) is 1.48. The highest BCUT2D eigenvalue weighted by Gasteiger charge is 2.49. The van der Waals surface area contributed by atoms with Crippen molar-refractivity contribution in [2.24, 2.45) is 11.8 Å². The fourth-order valence-electron chi connectivity index (χ4n) is 3.86. The molecule has 0 spiro atoms. The van der Waals surface area contributed by atoms with Gasteiger partial charge in [-0.2, -0.15) is 5.10 Å². The van der Waals surface area contributed by atoms with E-state index in [0.717, 1.165) is 12.8 Å². The van der Waals surface area contributed by atoms with E-state index < -0.39 is 35.6 Å². The summed E-state index contributed by atoms with van der Waals surface area (Å²) in [5, 5.41) is 4.30. The maximum absolute atomic E-state index is 14.8. The summed E-state index contributed by atoms with van der Waals surface area (Å²) >= 11 is 0. The van der Waals surface area contributed by atoms with Crippen LogP contribution in [0.25, 0.3) is 16.9 Å². The molecular weight excluding hydrogens is 426 g/mol. The molecule has 3 aromatic heterocycles. The summed E-state index contributed by atoms with van der Waals surface area (Å²) in [7, 11) is 0. The average Bonchev–Trinajstić information content (AvgIpc) is 3.36. The van der Waals surface area contributed by atoms with Gasteiger partial charge in [0.1, 0.15) is 5.69 Å². The zero-order valence-corrected chi connectivity index (χ0v) is 16.9. The lowest BCUT2D eigenvalue weighted by atomic mass is 10.0. The Morgan fingerprint density at radius 2 is 2.12 bits per heavy atom. The fourth-order valence-corrected chi connectivity index (χ4v) is 3.86. The number of nitrogens with zero attached hydrogens (tertiary/aromatic N) is 4. The molecule has 2 N–H and O–H groups in total. The molecule has 0 amide bonds. The fraction of sp³-hybridized carbons (Fsp3) is 0.450. The van der Waals surface area contributed by atoms with E-state index in [0.29, 0.717) is 17.3 Å². The third-order valence-corrected chi connectivity index (χ3v) is 5.81. The number of fused-ring (bicyclic) bond motifs is 1. The number of H-pyrrole nitrogens is 2. The van der Waals surface area contributed by atoms with Gasteiger partial charge >= 0.3 is 11.7 Å². The van der Waals surface area contributed by atoms with Crippen molar-refractivity contribution in [3.8, 4) is 11.3 Å². The second-order valence-corrected chi connectivity index (χ2v) is 8.26. The highest BCUT2D eigenvalue weighted by molar-refractivity contribution is 5.75. The monoisotopic (exact) mass is 446 g/mol. The Morgan fingerprint density at radius 1 is 1.31 bits per heavy atom. The number of carbonyl (C=O) groups is 1. The van der Waals surface area contributed by atoms with Crippen LogP contribution in [0.4, 0.5) is 14.5 Å². The van der Waals surface area contributed by atoms with Crippen molar-refractivity contribution in [1.29, 1.82) is 0 Å². The smallest absolute Gasteiger partial charge is 0.325 e. The zero-order chi connectivity index (χ0) is 22.5. The summed E-state index contributed by atoms with van der Waals surface area (Å²) < 4.78 is 36.1. The second-order valence-electron chi connectivity index (χ2n) is 8.26. The van der Waals surface area contributed by atoms with Crippen LogP contribution in [-0.2, 0) is 9.53 Å². The number of carbonyl (C=O) groups excluding carboxylic acids is 1. The number of aromatic nitrogens is 5. The molecule has 1 unspecified atom stereocenters. The largest absolute Gasteiger partial charge is 0.465 e. The van der Waals surface area contributed by atoms with Crippen molar-refractivity contribution in [3.63, 3.8) is 0 Å². The number of nitrogens with one attached hydrogen (secondary N) is 2. The Balaban J connectivity index is 1.44. The molecule has 0 bridgehead atoms. The van der Waals surface area contributed by atoms with Gasteiger partial charge in [-0.1, -0.05) is 0 Å². The number of imidazole rings is 1. The number of aromatic amines is 2. The molecule has 2 aliphatic rings. The molecule has 2 fully saturated rings. The Hall–Kier alpha value is -3.57. The van der Waals surface area contributed by atoms with Crippen molar-refractivity contribution in [2.45, 2.75) is 25.2 Å². The van der Waals surface area contributed by atoms with E-state index in [9.17, 15) is 23.2 Å². The van der Waals surface area contributed by atoms with Gasteiger partial charge in [0.15, 0.2) is 5.65 Å². The highest BCUT2D eigenvalue weighted by Crippen LogP contribution is 2.39. The van der Waals surface area contributed by atoms with E-state index in [2.05, 4.69) is 20.1 Å². The highest BCUT2D eigenvalue weighted by atomic mass is 19.3. The number of halogens is 2. The number of rotatable bonds is 6. The minimum atomic E-state index is -3.11. The van der Waals surface area contributed by atoms with Gasteiger partial charge < -0.3 is 14.6 Å². The average molecular weight is 446 g/mol. The minimum Gasteiger partial charge on any atom is -0.465 e. The molecule has 0 radical (unpaired) electrons. The lowest BCUT2D eigenvalue weighted by Crippen LogP contribution is -2.29. The predicted molar refractivity (Wildman–Crippen MR) is 109 cm³/mol. The zero-order valence-electron chi connectivity index (χ0n) is 16.9. The molecule has 12 heteroatoms. The first-order valence-electron chi connectivity index (χ1n) is 10.3. The van der Waals surface area contributed by atoms with Gasteiger partial charge in [-0.05, 0) is 24.8 Å². The summed E-state index contributed by atoms with van der Waals surface area (Å²) in [5.74, 6) is -4.58. The van der Waals surface area contributed by atoms with Crippen LogP contribution >= 0.6 is 0 Å². The van der Waals surface area contributed by atoms with Crippen molar-refractivity contribution in [3.05, 3.63) is 45.5 Å². The van der Waals surface area contributed by atoms with E-state index in [1.165, 1.54) is 34.1 Å². The van der Waals surface area contributed by atoms with Crippen molar-refractivity contribution in [1.82, 2.24) is 24.6 Å². The number of hydrogen-bond acceptors (Lipinski definition) is 7. The van der Waals surface area contributed by atoms with E-state index in [1.54, 1.807) is 0 Å². The summed E-state index contributed by atoms with van der Waals surface area (Å²) in [4.78, 5) is 45.7. The van der Waals surface area contributed by atoms with Crippen LogP contribution in [0.5, 0.6) is 0 Å². The number of esters is 1. The Kier molecular flexibility index (Phi) is 4.79. The molecule has 1 aliphatic heterocycles. The molecular formula is C20H20F2N6O4. The van der Waals surface area contributed by atoms with Crippen LogP contribution in [0.15, 0.2) is 34.2 Å². The predicted octanol–water partition coefficient (Wildman–Crippen LogP) is 1.19. The van der Waals surface area contributed by atoms with Gasteiger partial charge in [0.05, 0.1) is 36.7 Å². The van der Waals surface area contributed by atoms with Gasteiger partial charge in [-0.15, -0.1) is 0 Å². The van der Waals surface area contributed by atoms with Crippen LogP contribution in [-0.4, -0.2) is 56.2 Å². The van der Waals surface area contributed by atoms with Gasteiger partial charge in [0, 0.05) is 25.1 Å². The van der Waals surface area contributed by atoms with Crippen molar-refractivity contribution >= 4 is 17.3 Å². The molecule has 4 heterocycles. The summed E-state index contributed by atoms with van der Waals surface area (Å²) in [6.45, 7) is -0.405. The van der Waals surface area contributed by atoms with E-state index in [1.807, 2.05) is 0 Å². The topological polar surface area (TPSA) is 125 Å². The molecule has 1 aliphatic carbocycles. The Labute approximate surface area is 179 Å². The normalized spacial score (nSPS) is 20.1. The third kappa shape index (κ3) is 3.87. The summed E-state index contributed by atoms with van der Waals surface area (Å²) in [6.07, 6.45) is 5.84. The standard InChI is InChI=1S/C20H20F2N6O4/c21-20(22)10-27(8-12(20)5-16(29)32-9-11-1-2-11)15-6-14(26-28-4-3-23-17(15)28)13-7-24-19(31)25-18(13)30/h3-4,6-7,11-12H,1-2,5,8-10H2,(H2,24,25,30,31). The van der Waals surface area contributed by atoms with Crippen molar-refractivity contribution < 1.29 is 18.3 Å². The molecule has 168 valence electrons. The van der Waals surface area contributed by atoms with Crippen LogP contribution in [0, 0.1) is 11.8 Å². The molecule has 1 saturated carbocycles. The lowest BCUT2D eigenvalue weighted by molar-refractivity contribution is -0.148. The van der Waals surface area contributed by atoms with Crippen LogP contribution in [0.3, 0.4) is 0 Å². The maximum Gasteiger partial charge on any atom is 0.325 e. The lowest BCUT2D eigenvalue weighted by Gasteiger charge is -2.19. The Bertz CT molecular complexity index is 1290. The van der Waals surface area contributed by atoms with Crippen LogP contribution in [0.2, 0.25) is 0 Å². The number of hydrogen-bond donors (Lipinski definition) is 2. The van der Waals surface area contributed by atoms with E-state index in [-0.39, 0.29) is 30.8 Å². The van der Waals surface area contributed by atoms with Crippen LogP contribution < -0.4 is 16.1 Å². The first kappa shape index (κ1) is 20.3. The number of anilines is 1. The number of ether oxygens (including phenoxy) is 1. The van der Waals surface area contributed by atoms with Gasteiger partial charge in [0.2, 0.25) is 0 Å². The van der Waals surface area contributed by atoms with Gasteiger partial charge in [-0.25, -0.2) is 23.1 Å². The second kappa shape index (κ2) is 7.53. The molecule has 0 aromatic carbocycles. The molecule has 10 nitrogen and oxygen atoms in total. The van der Waals surface area contributed by atoms with Crippen molar-refractivity contribution in [2.75, 3.05) is 24.6 Å². The van der Waals surface area contributed by atoms with E-state index >= 15 is 0 Å². The van der Waals surface area contributed by atoms with Gasteiger partial charge in [-0.3, -0.25) is 14.6 Å². The molecule has 5 rings (SSSR count). The minimum absolute atomic E-state index is 0.0765. The number of alkyl halides is 2. The van der Waals surface area contributed by atoms with Crippen LogP contribution in [0.1, 0.15) is 19.3 Å². The SMILES string of the molecule is O=C(CC1CN(c2cc(-c3c[nH]c(=O)[nH]c3=O)nn3ccnc23)CC1(F)F)OCC1CC1.